The fraction of sp³-hybridized carbons (Fsp3) is 0.333. The Hall–Kier alpha value is -2.90. The van der Waals surface area contributed by atoms with Crippen molar-refractivity contribution in [2.24, 2.45) is 23.7 Å². The summed E-state index contributed by atoms with van der Waals surface area (Å²) in [5, 5.41) is 3.01. The Kier molecular flexibility index (Phi) is 5.62. The van der Waals surface area contributed by atoms with Gasteiger partial charge in [0.1, 0.15) is 0 Å². The highest BCUT2D eigenvalue weighted by atomic mass is 35.5. The molecule has 1 saturated heterocycles. The lowest BCUT2D eigenvalue weighted by Crippen LogP contribution is -2.32. The Balaban J connectivity index is 1.20. The van der Waals surface area contributed by atoms with Crippen molar-refractivity contribution >= 4 is 58.3 Å². The first-order chi connectivity index (χ1) is 15.8. The number of fused-ring (bicyclic) bond motifs is 5. The fourth-order valence-electron chi connectivity index (χ4n) is 5.41. The normalized spacial score (nSPS) is 25.3. The van der Waals surface area contributed by atoms with Crippen molar-refractivity contribution in [3.63, 3.8) is 0 Å². The van der Waals surface area contributed by atoms with Crippen LogP contribution in [0.3, 0.4) is 0 Å². The maximum atomic E-state index is 12.9. The summed E-state index contributed by atoms with van der Waals surface area (Å²) < 4.78 is 5.06. The topological polar surface area (TPSA) is 92.8 Å². The highest BCUT2D eigenvalue weighted by molar-refractivity contribution is 6.44. The zero-order valence-corrected chi connectivity index (χ0v) is 18.9. The van der Waals surface area contributed by atoms with Crippen LogP contribution in [0.1, 0.15) is 29.6 Å². The van der Waals surface area contributed by atoms with E-state index in [9.17, 15) is 19.2 Å². The lowest BCUT2D eigenvalue weighted by Gasteiger charge is -2.19. The molecule has 1 heterocycles. The number of benzene rings is 2. The molecule has 33 heavy (non-hydrogen) atoms. The van der Waals surface area contributed by atoms with E-state index in [2.05, 4.69) is 5.32 Å². The number of ether oxygens (including phenoxy) is 1. The molecule has 3 fully saturated rings. The summed E-state index contributed by atoms with van der Waals surface area (Å²) in [4.78, 5) is 51.6. The first-order valence-corrected chi connectivity index (χ1v) is 11.5. The van der Waals surface area contributed by atoms with Crippen LogP contribution in [-0.2, 0) is 19.1 Å². The van der Waals surface area contributed by atoms with E-state index in [4.69, 9.17) is 27.9 Å². The molecule has 1 N–H and O–H groups in total. The summed E-state index contributed by atoms with van der Waals surface area (Å²) in [5.74, 6) is -1.33. The first-order valence-electron chi connectivity index (χ1n) is 10.7. The summed E-state index contributed by atoms with van der Waals surface area (Å²) in [7, 11) is 0. The van der Waals surface area contributed by atoms with Crippen LogP contribution in [0.2, 0.25) is 10.0 Å². The first kappa shape index (κ1) is 21.9. The van der Waals surface area contributed by atoms with Gasteiger partial charge in [-0.1, -0.05) is 29.3 Å². The van der Waals surface area contributed by atoms with Crippen LogP contribution in [0.4, 0.5) is 11.4 Å². The van der Waals surface area contributed by atoms with Gasteiger partial charge in [0.05, 0.1) is 38.8 Å². The van der Waals surface area contributed by atoms with E-state index in [1.807, 2.05) is 0 Å². The smallest absolute Gasteiger partial charge is 0.338 e. The minimum absolute atomic E-state index is 0.135. The molecule has 2 bridgehead atoms. The highest BCUT2D eigenvalue weighted by Gasteiger charge is 2.61. The van der Waals surface area contributed by atoms with E-state index in [1.165, 1.54) is 17.0 Å². The number of anilines is 2. The zero-order valence-electron chi connectivity index (χ0n) is 17.4. The van der Waals surface area contributed by atoms with E-state index >= 15 is 0 Å². The molecule has 3 aliphatic rings. The summed E-state index contributed by atoms with van der Waals surface area (Å²) >= 11 is 11.9. The molecule has 170 valence electrons. The second-order valence-electron chi connectivity index (χ2n) is 8.67. The molecule has 0 aromatic heterocycles. The number of amides is 3. The van der Waals surface area contributed by atoms with Crippen molar-refractivity contribution in [3.05, 3.63) is 58.1 Å². The highest BCUT2D eigenvalue weighted by Crippen LogP contribution is 2.56. The molecule has 0 unspecified atom stereocenters. The monoisotopic (exact) mass is 486 g/mol. The maximum Gasteiger partial charge on any atom is 0.338 e. The molecule has 0 radical (unpaired) electrons. The number of halogens is 2. The van der Waals surface area contributed by atoms with Gasteiger partial charge in [0.2, 0.25) is 11.8 Å². The molecular formula is C24H20Cl2N2O5. The van der Waals surface area contributed by atoms with Crippen molar-refractivity contribution in [1.29, 1.82) is 0 Å². The number of imide groups is 1. The summed E-state index contributed by atoms with van der Waals surface area (Å²) in [6.45, 7) is -0.515. The standard InChI is InChI=1S/C24H20Cl2N2O5/c25-16-2-1-3-17(21(16)26)27-18(29)11-33-24(32)12-6-8-15(9-7-12)28-22(30)19-13-4-5-14(10-13)20(19)23(28)31/h1-3,6-9,13-14,19-20H,4-5,10-11H2,(H,27,29)/t13-,14-,19+,20+/m0/s1. The van der Waals surface area contributed by atoms with Crippen molar-refractivity contribution in [1.82, 2.24) is 0 Å². The Labute approximate surface area is 200 Å². The second-order valence-corrected chi connectivity index (χ2v) is 9.45. The molecule has 2 aliphatic carbocycles. The molecule has 2 saturated carbocycles. The molecule has 0 spiro atoms. The van der Waals surface area contributed by atoms with Gasteiger partial charge in [-0.3, -0.25) is 19.3 Å². The molecule has 2 aromatic rings. The Morgan fingerprint density at radius 3 is 2.24 bits per heavy atom. The van der Waals surface area contributed by atoms with Crippen LogP contribution in [0.25, 0.3) is 0 Å². The van der Waals surface area contributed by atoms with Gasteiger partial charge in [-0.25, -0.2) is 4.79 Å². The maximum absolute atomic E-state index is 12.9. The van der Waals surface area contributed by atoms with Gasteiger partial charge >= 0.3 is 5.97 Å². The van der Waals surface area contributed by atoms with Crippen LogP contribution in [-0.4, -0.2) is 30.3 Å². The van der Waals surface area contributed by atoms with Crippen molar-refractivity contribution in [2.45, 2.75) is 19.3 Å². The van der Waals surface area contributed by atoms with Gasteiger partial charge in [0.25, 0.3) is 5.91 Å². The number of nitrogens with one attached hydrogen (secondary N) is 1. The van der Waals surface area contributed by atoms with E-state index < -0.39 is 18.5 Å². The Bertz CT molecular complexity index is 1140. The van der Waals surface area contributed by atoms with E-state index in [0.717, 1.165) is 19.3 Å². The van der Waals surface area contributed by atoms with E-state index in [0.29, 0.717) is 23.2 Å². The largest absolute Gasteiger partial charge is 0.452 e. The molecule has 4 atom stereocenters. The Morgan fingerprint density at radius 1 is 0.970 bits per heavy atom. The third-order valence-electron chi connectivity index (χ3n) is 6.85. The summed E-state index contributed by atoms with van der Waals surface area (Å²) in [6.07, 6.45) is 3.00. The number of hydrogen-bond acceptors (Lipinski definition) is 5. The second kappa shape index (κ2) is 8.47. The van der Waals surface area contributed by atoms with Gasteiger partial charge in [-0.05, 0) is 67.5 Å². The molecule has 7 nitrogen and oxygen atoms in total. The molecule has 5 rings (SSSR count). The molecular weight excluding hydrogens is 467 g/mol. The SMILES string of the molecule is O=C(COC(=O)c1ccc(N2C(=O)[C@@H]3[C@H]4CC[C@@H](C4)[C@H]3C2=O)cc1)Nc1cccc(Cl)c1Cl. The lowest BCUT2D eigenvalue weighted by molar-refractivity contribution is -0.123. The van der Waals surface area contributed by atoms with Crippen LogP contribution in [0, 0.1) is 23.7 Å². The lowest BCUT2D eigenvalue weighted by atomic mass is 9.81. The minimum atomic E-state index is -0.706. The van der Waals surface area contributed by atoms with Gasteiger partial charge in [-0.2, -0.15) is 0 Å². The van der Waals surface area contributed by atoms with Crippen molar-refractivity contribution in [3.8, 4) is 0 Å². The number of nitrogens with zero attached hydrogens (tertiary/aromatic N) is 1. The molecule has 9 heteroatoms. The average Bonchev–Trinajstić information content (AvgIpc) is 3.49. The van der Waals surface area contributed by atoms with Crippen LogP contribution < -0.4 is 10.2 Å². The number of carbonyl (C=O) groups is 4. The molecule has 3 amide bonds. The third kappa shape index (κ3) is 3.79. The molecule has 1 aliphatic heterocycles. The van der Waals surface area contributed by atoms with Crippen LogP contribution in [0.5, 0.6) is 0 Å². The number of rotatable bonds is 5. The summed E-state index contributed by atoms with van der Waals surface area (Å²) in [6, 6.07) is 10.9. The fourth-order valence-corrected chi connectivity index (χ4v) is 5.76. The summed E-state index contributed by atoms with van der Waals surface area (Å²) in [5.41, 5.74) is 0.961. The van der Waals surface area contributed by atoms with Gasteiger partial charge in [-0.15, -0.1) is 0 Å². The third-order valence-corrected chi connectivity index (χ3v) is 7.67. The predicted molar refractivity (Wildman–Crippen MR) is 122 cm³/mol. The number of hydrogen-bond donors (Lipinski definition) is 1. The van der Waals surface area contributed by atoms with Crippen molar-refractivity contribution < 1.29 is 23.9 Å². The van der Waals surface area contributed by atoms with Crippen LogP contribution in [0.15, 0.2) is 42.5 Å². The van der Waals surface area contributed by atoms with E-state index in [-0.39, 0.29) is 39.3 Å². The van der Waals surface area contributed by atoms with Gasteiger partial charge in [0.15, 0.2) is 6.61 Å². The zero-order chi connectivity index (χ0) is 23.3. The number of esters is 1. The minimum Gasteiger partial charge on any atom is -0.452 e. The number of carbonyl (C=O) groups excluding carboxylic acids is 4. The quantitative estimate of drug-likeness (QED) is 0.501. The van der Waals surface area contributed by atoms with Gasteiger partial charge in [0, 0.05) is 0 Å². The molecule has 2 aromatic carbocycles. The van der Waals surface area contributed by atoms with E-state index in [1.54, 1.807) is 30.3 Å². The average molecular weight is 487 g/mol. The van der Waals surface area contributed by atoms with Crippen molar-refractivity contribution in [2.75, 3.05) is 16.8 Å². The van der Waals surface area contributed by atoms with Gasteiger partial charge < -0.3 is 10.1 Å². The van der Waals surface area contributed by atoms with Crippen LogP contribution >= 0.6 is 23.2 Å². The Morgan fingerprint density at radius 2 is 1.61 bits per heavy atom. The predicted octanol–water partition coefficient (Wildman–Crippen LogP) is 4.32.